The van der Waals surface area contributed by atoms with E-state index in [9.17, 15) is 4.79 Å². The van der Waals surface area contributed by atoms with Gasteiger partial charge in [-0.2, -0.15) is 5.10 Å². The minimum Gasteiger partial charge on any atom is -0.322 e. The summed E-state index contributed by atoms with van der Waals surface area (Å²) in [6.07, 6.45) is 0. The molecule has 2 aromatic rings. The highest BCUT2D eigenvalue weighted by Gasteiger charge is 2.19. The Balaban J connectivity index is 2.61. The van der Waals surface area contributed by atoms with E-state index in [0.29, 0.717) is 5.56 Å². The highest BCUT2D eigenvalue weighted by atomic mass is 16.1. The molecular weight excluding hydrogens is 238 g/mol. The van der Waals surface area contributed by atoms with Crippen LogP contribution in [0.2, 0.25) is 0 Å². The first kappa shape index (κ1) is 13.5. The molecule has 0 aliphatic carbocycles. The first-order chi connectivity index (χ1) is 8.79. The third-order valence-corrected chi connectivity index (χ3v) is 3.16. The summed E-state index contributed by atoms with van der Waals surface area (Å²) in [5, 5.41) is 6.65. The van der Waals surface area contributed by atoms with Crippen LogP contribution in [-0.2, 0) is 5.54 Å². The molecule has 1 aromatic carbocycles. The average Bonchev–Trinajstić information content (AvgIpc) is 2.29. The first-order valence-corrected chi connectivity index (χ1v) is 6.26. The van der Waals surface area contributed by atoms with E-state index in [1.54, 1.807) is 6.07 Å². The Kier molecular flexibility index (Phi) is 3.28. The molecule has 4 nitrogen and oxygen atoms in total. The Morgan fingerprint density at radius 2 is 1.89 bits per heavy atom. The van der Waals surface area contributed by atoms with Crippen LogP contribution in [0.25, 0.3) is 11.3 Å². The maximum absolute atomic E-state index is 11.8. The van der Waals surface area contributed by atoms with Crippen molar-refractivity contribution in [2.75, 3.05) is 0 Å². The standard InChI is InChI=1S/C15H19N3O/c1-9-5-6-11(10(2)7-9)13-8-12(15(3,4)16)14(19)18-17-13/h5-8H,16H2,1-4H3,(H,18,19). The minimum atomic E-state index is -0.691. The largest absolute Gasteiger partial charge is 0.322 e. The van der Waals surface area contributed by atoms with Crippen LogP contribution >= 0.6 is 0 Å². The van der Waals surface area contributed by atoms with Crippen molar-refractivity contribution >= 4 is 0 Å². The molecule has 2 rings (SSSR count). The predicted molar refractivity (Wildman–Crippen MR) is 77.0 cm³/mol. The first-order valence-electron chi connectivity index (χ1n) is 6.26. The van der Waals surface area contributed by atoms with Crippen molar-refractivity contribution < 1.29 is 0 Å². The number of hydrogen-bond acceptors (Lipinski definition) is 3. The lowest BCUT2D eigenvalue weighted by Gasteiger charge is -2.18. The van der Waals surface area contributed by atoms with Crippen molar-refractivity contribution in [3.05, 3.63) is 51.3 Å². The van der Waals surface area contributed by atoms with Crippen molar-refractivity contribution in [2.24, 2.45) is 5.73 Å². The molecule has 0 fully saturated rings. The van der Waals surface area contributed by atoms with Gasteiger partial charge in [0.25, 0.3) is 5.56 Å². The molecular formula is C15H19N3O. The summed E-state index contributed by atoms with van der Waals surface area (Å²) in [5.41, 5.74) is 9.71. The summed E-state index contributed by atoms with van der Waals surface area (Å²) in [6.45, 7) is 7.70. The molecule has 0 bridgehead atoms. The summed E-state index contributed by atoms with van der Waals surface area (Å²) in [6, 6.07) is 7.91. The molecule has 0 radical (unpaired) electrons. The average molecular weight is 257 g/mol. The number of hydrogen-bond donors (Lipinski definition) is 2. The smallest absolute Gasteiger partial charge is 0.269 e. The van der Waals surface area contributed by atoms with Gasteiger partial charge in [-0.3, -0.25) is 4.79 Å². The Morgan fingerprint density at radius 3 is 2.47 bits per heavy atom. The second kappa shape index (κ2) is 4.63. The molecule has 100 valence electrons. The number of nitrogens with one attached hydrogen (secondary N) is 1. The van der Waals surface area contributed by atoms with Gasteiger partial charge in [-0.25, -0.2) is 5.10 Å². The lowest BCUT2D eigenvalue weighted by atomic mass is 9.95. The Hall–Kier alpha value is -1.94. The fraction of sp³-hybridized carbons (Fsp3) is 0.333. The minimum absolute atomic E-state index is 0.235. The Bertz CT molecular complexity index is 666. The summed E-state index contributed by atoms with van der Waals surface area (Å²) in [4.78, 5) is 11.8. The van der Waals surface area contributed by atoms with E-state index in [2.05, 4.69) is 16.3 Å². The van der Waals surface area contributed by atoms with Crippen molar-refractivity contribution in [3.8, 4) is 11.3 Å². The second-order valence-corrected chi connectivity index (χ2v) is 5.54. The normalized spacial score (nSPS) is 11.6. The zero-order chi connectivity index (χ0) is 14.2. The maximum atomic E-state index is 11.8. The van der Waals surface area contributed by atoms with Crippen LogP contribution in [0.4, 0.5) is 0 Å². The molecule has 0 unspecified atom stereocenters. The lowest BCUT2D eigenvalue weighted by Crippen LogP contribution is -2.35. The Labute approximate surface area is 112 Å². The van der Waals surface area contributed by atoms with Crippen molar-refractivity contribution in [1.82, 2.24) is 10.2 Å². The molecule has 3 N–H and O–H groups in total. The van der Waals surface area contributed by atoms with Crippen LogP contribution in [0, 0.1) is 13.8 Å². The molecule has 0 saturated carbocycles. The van der Waals surface area contributed by atoms with E-state index in [1.165, 1.54) is 5.56 Å². The van der Waals surface area contributed by atoms with Crippen LogP contribution < -0.4 is 11.3 Å². The number of benzene rings is 1. The number of aromatic nitrogens is 2. The van der Waals surface area contributed by atoms with Crippen LogP contribution in [0.15, 0.2) is 29.1 Å². The number of nitrogens with two attached hydrogens (primary N) is 1. The lowest BCUT2D eigenvalue weighted by molar-refractivity contribution is 0.544. The highest BCUT2D eigenvalue weighted by Crippen LogP contribution is 2.23. The predicted octanol–water partition coefficient (Wildman–Crippen LogP) is 2.25. The van der Waals surface area contributed by atoms with Gasteiger partial charge in [-0.1, -0.05) is 23.8 Å². The van der Waals surface area contributed by atoms with Gasteiger partial charge in [0.1, 0.15) is 0 Å². The molecule has 0 atom stereocenters. The quantitative estimate of drug-likeness (QED) is 0.866. The van der Waals surface area contributed by atoms with Gasteiger partial charge in [0.05, 0.1) is 5.69 Å². The van der Waals surface area contributed by atoms with Gasteiger partial charge in [0, 0.05) is 16.7 Å². The molecule has 4 heteroatoms. The summed E-state index contributed by atoms with van der Waals surface area (Å²) in [7, 11) is 0. The van der Waals surface area contributed by atoms with Gasteiger partial charge >= 0.3 is 0 Å². The molecule has 1 aromatic heterocycles. The number of H-pyrrole nitrogens is 1. The summed E-state index contributed by atoms with van der Waals surface area (Å²) in [5.74, 6) is 0. The third kappa shape index (κ3) is 2.74. The zero-order valence-corrected chi connectivity index (χ0v) is 11.7. The summed E-state index contributed by atoms with van der Waals surface area (Å²) >= 11 is 0. The van der Waals surface area contributed by atoms with Gasteiger partial charge in [0.2, 0.25) is 0 Å². The fourth-order valence-electron chi connectivity index (χ4n) is 2.12. The molecule has 0 spiro atoms. The van der Waals surface area contributed by atoms with Crippen molar-refractivity contribution in [1.29, 1.82) is 0 Å². The molecule has 0 saturated heterocycles. The number of aromatic amines is 1. The van der Waals surface area contributed by atoms with Gasteiger partial charge in [-0.05, 0) is 39.3 Å². The number of nitrogens with zero attached hydrogens (tertiary/aromatic N) is 1. The zero-order valence-electron chi connectivity index (χ0n) is 11.7. The van der Waals surface area contributed by atoms with Crippen LogP contribution in [0.3, 0.4) is 0 Å². The molecule has 0 amide bonds. The fourth-order valence-corrected chi connectivity index (χ4v) is 2.12. The second-order valence-electron chi connectivity index (χ2n) is 5.54. The van der Waals surface area contributed by atoms with E-state index >= 15 is 0 Å². The summed E-state index contributed by atoms with van der Waals surface area (Å²) < 4.78 is 0. The maximum Gasteiger partial charge on any atom is 0.269 e. The SMILES string of the molecule is Cc1ccc(-c2cc(C(C)(C)N)c(=O)[nH]n2)c(C)c1. The monoisotopic (exact) mass is 257 g/mol. The molecule has 1 heterocycles. The highest BCUT2D eigenvalue weighted by molar-refractivity contribution is 5.64. The molecule has 0 aliphatic heterocycles. The van der Waals surface area contributed by atoms with Crippen LogP contribution in [0.1, 0.15) is 30.5 Å². The third-order valence-electron chi connectivity index (χ3n) is 3.16. The van der Waals surface area contributed by atoms with Gasteiger partial charge < -0.3 is 5.73 Å². The van der Waals surface area contributed by atoms with Crippen molar-refractivity contribution in [2.45, 2.75) is 33.2 Å². The topological polar surface area (TPSA) is 71.8 Å². The van der Waals surface area contributed by atoms with Gasteiger partial charge in [0.15, 0.2) is 0 Å². The van der Waals surface area contributed by atoms with Gasteiger partial charge in [-0.15, -0.1) is 0 Å². The van der Waals surface area contributed by atoms with E-state index in [0.717, 1.165) is 16.8 Å². The van der Waals surface area contributed by atoms with E-state index in [1.807, 2.05) is 39.8 Å². The van der Waals surface area contributed by atoms with E-state index in [4.69, 9.17) is 5.73 Å². The molecule has 0 aliphatic rings. The van der Waals surface area contributed by atoms with E-state index in [-0.39, 0.29) is 5.56 Å². The number of aryl methyl sites for hydroxylation is 2. The van der Waals surface area contributed by atoms with Crippen molar-refractivity contribution in [3.63, 3.8) is 0 Å². The van der Waals surface area contributed by atoms with Crippen LogP contribution in [-0.4, -0.2) is 10.2 Å². The number of rotatable bonds is 2. The molecule has 19 heavy (non-hydrogen) atoms. The van der Waals surface area contributed by atoms with Crippen LogP contribution in [0.5, 0.6) is 0 Å². The van der Waals surface area contributed by atoms with E-state index < -0.39 is 5.54 Å². The Morgan fingerprint density at radius 1 is 1.21 bits per heavy atom.